The number of carbonyl (C=O) groups is 1. The van der Waals surface area contributed by atoms with E-state index in [9.17, 15) is 4.79 Å². The molecule has 6 nitrogen and oxygen atoms in total. The van der Waals surface area contributed by atoms with Gasteiger partial charge in [-0.2, -0.15) is 10.4 Å². The van der Waals surface area contributed by atoms with E-state index >= 15 is 0 Å². The SMILES string of the molecule is N#C/C(=C/c1cn(Cc2ccccc2)nc1-c1cccnc1)C(N)=O. The maximum atomic E-state index is 11.4. The highest BCUT2D eigenvalue weighted by Crippen LogP contribution is 2.24. The van der Waals surface area contributed by atoms with Gasteiger partial charge in [-0.05, 0) is 23.8 Å². The number of nitrogens with zero attached hydrogens (tertiary/aromatic N) is 4. The van der Waals surface area contributed by atoms with Gasteiger partial charge in [0, 0.05) is 29.7 Å². The fraction of sp³-hybridized carbons (Fsp3) is 0.0526. The Labute approximate surface area is 144 Å². The van der Waals surface area contributed by atoms with Crippen LogP contribution in [0, 0.1) is 11.3 Å². The molecule has 1 aromatic carbocycles. The molecule has 2 N–H and O–H groups in total. The number of rotatable bonds is 5. The van der Waals surface area contributed by atoms with Crippen LogP contribution in [0.15, 0.2) is 66.6 Å². The zero-order valence-electron chi connectivity index (χ0n) is 13.3. The summed E-state index contributed by atoms with van der Waals surface area (Å²) in [5.74, 6) is -0.768. The van der Waals surface area contributed by atoms with Crippen LogP contribution in [-0.2, 0) is 11.3 Å². The third-order valence-corrected chi connectivity index (χ3v) is 3.60. The summed E-state index contributed by atoms with van der Waals surface area (Å²) in [6.45, 7) is 0.570. The van der Waals surface area contributed by atoms with Crippen LogP contribution in [0.2, 0.25) is 0 Å². The first-order valence-electron chi connectivity index (χ1n) is 7.61. The van der Waals surface area contributed by atoms with Crippen LogP contribution < -0.4 is 5.73 Å². The summed E-state index contributed by atoms with van der Waals surface area (Å²) in [7, 11) is 0. The quantitative estimate of drug-likeness (QED) is 0.574. The molecule has 0 bridgehead atoms. The first-order valence-corrected chi connectivity index (χ1v) is 7.61. The number of hydrogen-bond acceptors (Lipinski definition) is 4. The molecule has 3 aromatic rings. The number of primary amides is 1. The average Bonchev–Trinajstić information content (AvgIpc) is 3.03. The highest BCUT2D eigenvalue weighted by molar-refractivity contribution is 6.01. The van der Waals surface area contributed by atoms with E-state index in [4.69, 9.17) is 11.0 Å². The Morgan fingerprint density at radius 1 is 1.24 bits per heavy atom. The molecule has 1 amide bonds. The summed E-state index contributed by atoms with van der Waals surface area (Å²) in [5, 5.41) is 13.7. The van der Waals surface area contributed by atoms with E-state index in [0.29, 0.717) is 17.8 Å². The first kappa shape index (κ1) is 16.1. The lowest BCUT2D eigenvalue weighted by molar-refractivity contribution is -0.114. The van der Waals surface area contributed by atoms with Gasteiger partial charge in [-0.15, -0.1) is 0 Å². The molecule has 0 radical (unpaired) electrons. The van der Waals surface area contributed by atoms with E-state index in [1.165, 1.54) is 6.08 Å². The molecule has 0 fully saturated rings. The van der Waals surface area contributed by atoms with Crippen molar-refractivity contribution >= 4 is 12.0 Å². The largest absolute Gasteiger partial charge is 0.365 e. The molecular weight excluding hydrogens is 314 g/mol. The molecule has 0 aliphatic carbocycles. The number of nitrogens with two attached hydrogens (primary N) is 1. The second kappa shape index (κ2) is 7.23. The lowest BCUT2D eigenvalue weighted by atomic mass is 10.1. The van der Waals surface area contributed by atoms with Gasteiger partial charge in [0.1, 0.15) is 17.3 Å². The molecule has 0 unspecified atom stereocenters. The van der Waals surface area contributed by atoms with Crippen molar-refractivity contribution in [2.75, 3.05) is 0 Å². The van der Waals surface area contributed by atoms with E-state index in [1.54, 1.807) is 29.3 Å². The van der Waals surface area contributed by atoms with Crippen molar-refractivity contribution < 1.29 is 4.79 Å². The molecule has 0 saturated heterocycles. The molecule has 25 heavy (non-hydrogen) atoms. The van der Waals surface area contributed by atoms with Gasteiger partial charge in [-0.3, -0.25) is 14.5 Å². The number of pyridine rings is 1. The second-order valence-electron chi connectivity index (χ2n) is 5.39. The van der Waals surface area contributed by atoms with Gasteiger partial charge in [-0.25, -0.2) is 0 Å². The van der Waals surface area contributed by atoms with Crippen molar-refractivity contribution in [3.8, 4) is 17.3 Å². The van der Waals surface area contributed by atoms with Crippen LogP contribution in [0.25, 0.3) is 17.3 Å². The predicted octanol–water partition coefficient (Wildman–Crippen LogP) is 2.39. The number of nitriles is 1. The molecule has 122 valence electrons. The lowest BCUT2D eigenvalue weighted by Gasteiger charge is -2.01. The smallest absolute Gasteiger partial charge is 0.259 e. The summed E-state index contributed by atoms with van der Waals surface area (Å²) in [6, 6.07) is 15.4. The molecule has 2 aromatic heterocycles. The Morgan fingerprint density at radius 3 is 2.68 bits per heavy atom. The maximum Gasteiger partial charge on any atom is 0.259 e. The third-order valence-electron chi connectivity index (χ3n) is 3.60. The van der Waals surface area contributed by atoms with E-state index in [2.05, 4.69) is 10.1 Å². The minimum atomic E-state index is -0.768. The molecule has 0 aliphatic heterocycles. The number of amides is 1. The molecule has 0 spiro atoms. The van der Waals surface area contributed by atoms with Crippen molar-refractivity contribution in [2.24, 2.45) is 5.73 Å². The standard InChI is InChI=1S/C19H15N5O/c20-10-16(19(21)25)9-17-13-24(12-14-5-2-1-3-6-14)23-18(17)15-7-4-8-22-11-15/h1-9,11,13H,12H2,(H2,21,25)/b16-9-. The fourth-order valence-corrected chi connectivity index (χ4v) is 2.44. The van der Waals surface area contributed by atoms with Crippen LogP contribution in [0.5, 0.6) is 0 Å². The Morgan fingerprint density at radius 2 is 2.04 bits per heavy atom. The highest BCUT2D eigenvalue weighted by Gasteiger charge is 2.13. The summed E-state index contributed by atoms with van der Waals surface area (Å²) >= 11 is 0. The van der Waals surface area contributed by atoms with Crippen LogP contribution in [0.3, 0.4) is 0 Å². The molecule has 0 saturated carbocycles. The van der Waals surface area contributed by atoms with Crippen molar-refractivity contribution in [3.63, 3.8) is 0 Å². The highest BCUT2D eigenvalue weighted by atomic mass is 16.1. The van der Waals surface area contributed by atoms with Gasteiger partial charge in [-0.1, -0.05) is 30.3 Å². The number of benzene rings is 1. The molecule has 3 rings (SSSR count). The summed E-state index contributed by atoms with van der Waals surface area (Å²) in [5.41, 5.74) is 8.28. The molecule has 6 heteroatoms. The predicted molar refractivity (Wildman–Crippen MR) is 93.8 cm³/mol. The summed E-state index contributed by atoms with van der Waals surface area (Å²) in [6.07, 6.45) is 6.60. The second-order valence-corrected chi connectivity index (χ2v) is 5.39. The third kappa shape index (κ3) is 3.79. The molecule has 0 aliphatic rings. The van der Waals surface area contributed by atoms with E-state index < -0.39 is 5.91 Å². The van der Waals surface area contributed by atoms with E-state index in [0.717, 1.165) is 11.1 Å². The number of aromatic nitrogens is 3. The molecule has 2 heterocycles. The Hall–Kier alpha value is -3.72. The lowest BCUT2D eigenvalue weighted by Crippen LogP contribution is -2.12. The topological polar surface area (TPSA) is 97.6 Å². The van der Waals surface area contributed by atoms with Crippen molar-refractivity contribution in [3.05, 3.63) is 77.8 Å². The van der Waals surface area contributed by atoms with Crippen molar-refractivity contribution in [1.82, 2.24) is 14.8 Å². The first-order chi connectivity index (χ1) is 12.2. The van der Waals surface area contributed by atoms with E-state index in [1.807, 2.05) is 42.5 Å². The Bertz CT molecular complexity index is 952. The van der Waals surface area contributed by atoms with Crippen LogP contribution in [0.1, 0.15) is 11.1 Å². The normalized spacial score (nSPS) is 11.1. The van der Waals surface area contributed by atoms with E-state index in [-0.39, 0.29) is 5.57 Å². The van der Waals surface area contributed by atoms with Gasteiger partial charge in [0.15, 0.2) is 0 Å². The van der Waals surface area contributed by atoms with Gasteiger partial charge < -0.3 is 5.73 Å². The molecular formula is C19H15N5O. The molecule has 0 atom stereocenters. The van der Waals surface area contributed by atoms with Crippen LogP contribution >= 0.6 is 0 Å². The van der Waals surface area contributed by atoms with Crippen molar-refractivity contribution in [1.29, 1.82) is 5.26 Å². The fourth-order valence-electron chi connectivity index (χ4n) is 2.44. The number of hydrogen-bond donors (Lipinski definition) is 1. The minimum Gasteiger partial charge on any atom is -0.365 e. The van der Waals surface area contributed by atoms with Gasteiger partial charge in [0.25, 0.3) is 5.91 Å². The maximum absolute atomic E-state index is 11.4. The van der Waals surface area contributed by atoms with Gasteiger partial charge >= 0.3 is 0 Å². The van der Waals surface area contributed by atoms with Crippen LogP contribution in [0.4, 0.5) is 0 Å². The zero-order valence-corrected chi connectivity index (χ0v) is 13.3. The Balaban J connectivity index is 2.06. The Kier molecular flexibility index (Phi) is 4.67. The zero-order chi connectivity index (χ0) is 17.6. The van der Waals surface area contributed by atoms with Gasteiger partial charge in [0.2, 0.25) is 0 Å². The number of carbonyl (C=O) groups excluding carboxylic acids is 1. The average molecular weight is 329 g/mol. The van der Waals surface area contributed by atoms with Gasteiger partial charge in [0.05, 0.1) is 6.54 Å². The monoisotopic (exact) mass is 329 g/mol. The summed E-state index contributed by atoms with van der Waals surface area (Å²) < 4.78 is 1.76. The minimum absolute atomic E-state index is 0.121. The van der Waals surface area contributed by atoms with Crippen molar-refractivity contribution in [2.45, 2.75) is 6.54 Å². The van der Waals surface area contributed by atoms with Crippen LogP contribution in [-0.4, -0.2) is 20.7 Å². The summed E-state index contributed by atoms with van der Waals surface area (Å²) in [4.78, 5) is 15.5.